The Hall–Kier alpha value is -0.580. The average Bonchev–Trinajstić information content (AvgIpc) is 2.25. The van der Waals surface area contributed by atoms with Crippen molar-refractivity contribution in [3.8, 4) is 0 Å². The van der Waals surface area contributed by atoms with Gasteiger partial charge in [0.1, 0.15) is 0 Å². The van der Waals surface area contributed by atoms with Crippen LogP contribution in [0.2, 0.25) is 0 Å². The topological polar surface area (TPSA) is 80.3 Å². The van der Waals surface area contributed by atoms with Gasteiger partial charge in [-0.2, -0.15) is 0 Å². The third kappa shape index (κ3) is 4.30. The Kier molecular flexibility index (Phi) is 7.43. The molecule has 0 spiro atoms. The van der Waals surface area contributed by atoms with Crippen molar-refractivity contribution in [2.24, 2.45) is 0 Å². The molecule has 0 saturated carbocycles. The summed E-state index contributed by atoms with van der Waals surface area (Å²) in [5, 5.41) is 21.7. The van der Waals surface area contributed by atoms with Crippen LogP contribution in [0, 0.1) is 0 Å². The zero-order valence-electron chi connectivity index (χ0n) is 9.69. The van der Waals surface area contributed by atoms with Gasteiger partial charge in [-0.15, -0.1) is 0 Å². The zero-order chi connectivity index (χ0) is 12.1. The van der Waals surface area contributed by atoms with Gasteiger partial charge >= 0.3 is 37.7 Å². The molecule has 1 aromatic carbocycles. The summed E-state index contributed by atoms with van der Waals surface area (Å²) < 4.78 is 0. The Labute approximate surface area is 130 Å². The fourth-order valence-electron chi connectivity index (χ4n) is 1.59. The van der Waals surface area contributed by atoms with Crippen molar-refractivity contribution in [2.45, 2.75) is 26.2 Å². The number of aromatic carboxylic acids is 2. The molecule has 0 unspecified atom stereocenters. The summed E-state index contributed by atoms with van der Waals surface area (Å²) in [5.41, 5.74) is -0.0758. The molecule has 0 N–H and O–H groups in total. The van der Waals surface area contributed by atoms with Gasteiger partial charge in [0, 0.05) is 11.1 Å². The van der Waals surface area contributed by atoms with Gasteiger partial charge in [-0.3, -0.25) is 0 Å². The molecule has 86 valence electrons. The molecule has 4 nitrogen and oxygen atoms in total. The number of rotatable bonds is 5. The van der Waals surface area contributed by atoms with E-state index in [-0.39, 0.29) is 48.9 Å². The maximum Gasteiger partial charge on any atom is 2.00 e. The number of carbonyl (C=O) groups is 2. The van der Waals surface area contributed by atoms with Crippen molar-refractivity contribution in [3.05, 3.63) is 34.9 Å². The third-order valence-corrected chi connectivity index (χ3v) is 2.37. The number of hydrogen-bond donors (Lipinski definition) is 0. The molecule has 0 radical (unpaired) electrons. The van der Waals surface area contributed by atoms with Gasteiger partial charge in [-0.25, -0.2) is 0 Å². The van der Waals surface area contributed by atoms with Crippen LogP contribution in [-0.2, 0) is 6.42 Å². The summed E-state index contributed by atoms with van der Waals surface area (Å²) in [6, 6.07) is 4.34. The molecule has 0 amide bonds. The number of carboxylic acid groups (broad SMARTS) is 2. The number of unbranched alkanes of at least 4 members (excludes halogenated alkanes) is 1. The molecular formula is C12H12CaO4. The van der Waals surface area contributed by atoms with Gasteiger partial charge in [0.2, 0.25) is 0 Å². The predicted molar refractivity (Wildman–Crippen MR) is 59.5 cm³/mol. The summed E-state index contributed by atoms with van der Waals surface area (Å²) >= 11 is 0. The maximum atomic E-state index is 10.9. The van der Waals surface area contributed by atoms with E-state index in [1.54, 1.807) is 6.07 Å². The molecule has 0 fully saturated rings. The molecule has 1 rings (SSSR count). The molecule has 0 heterocycles. The van der Waals surface area contributed by atoms with Crippen LogP contribution in [-0.4, -0.2) is 49.7 Å². The Morgan fingerprint density at radius 1 is 1.18 bits per heavy atom. The molecule has 0 aliphatic carbocycles. The largest absolute Gasteiger partial charge is 2.00 e. The number of carbonyl (C=O) groups excluding carboxylic acids is 2. The molecule has 17 heavy (non-hydrogen) atoms. The van der Waals surface area contributed by atoms with E-state index in [4.69, 9.17) is 0 Å². The first-order chi connectivity index (χ1) is 7.57. The number of carboxylic acids is 2. The second-order valence-corrected chi connectivity index (χ2v) is 3.52. The Bertz CT molecular complexity index is 415. The first-order valence-electron chi connectivity index (χ1n) is 5.12. The molecule has 5 heteroatoms. The van der Waals surface area contributed by atoms with Crippen LogP contribution in [0.5, 0.6) is 0 Å². The fraction of sp³-hybridized carbons (Fsp3) is 0.333. The van der Waals surface area contributed by atoms with Gasteiger partial charge in [0.05, 0.1) is 11.9 Å². The van der Waals surface area contributed by atoms with Gasteiger partial charge in [0.25, 0.3) is 0 Å². The van der Waals surface area contributed by atoms with Gasteiger partial charge in [-0.1, -0.05) is 31.5 Å². The first kappa shape index (κ1) is 16.4. The predicted octanol–water partition coefficient (Wildman–Crippen LogP) is -0.625. The second kappa shape index (κ2) is 7.69. The molecule has 0 atom stereocenters. The molecule has 0 aromatic heterocycles. The van der Waals surface area contributed by atoms with Crippen LogP contribution >= 0.6 is 0 Å². The minimum Gasteiger partial charge on any atom is -0.545 e. The van der Waals surface area contributed by atoms with Gasteiger partial charge in [-0.05, 0) is 18.4 Å². The standard InChI is InChI=1S/C12H14O4.Ca/c1-2-3-5-8-6-4-7-9(11(13)14)10(8)12(15)16;/h4,6-7H,2-3,5H2,1H3,(H,13,14)(H,15,16);/q;+2/p-2. The van der Waals surface area contributed by atoms with Crippen LogP contribution < -0.4 is 10.2 Å². The Morgan fingerprint density at radius 3 is 2.29 bits per heavy atom. The van der Waals surface area contributed by atoms with E-state index in [0.717, 1.165) is 12.8 Å². The van der Waals surface area contributed by atoms with E-state index in [2.05, 4.69) is 0 Å². The van der Waals surface area contributed by atoms with Crippen LogP contribution in [0.4, 0.5) is 0 Å². The molecule has 0 saturated heterocycles. The van der Waals surface area contributed by atoms with Gasteiger partial charge in [0.15, 0.2) is 0 Å². The maximum absolute atomic E-state index is 10.9. The summed E-state index contributed by atoms with van der Waals surface area (Å²) in [4.78, 5) is 21.7. The second-order valence-electron chi connectivity index (χ2n) is 3.52. The van der Waals surface area contributed by atoms with Crippen molar-refractivity contribution >= 4 is 49.7 Å². The summed E-state index contributed by atoms with van der Waals surface area (Å²) in [7, 11) is 0. The number of aryl methyl sites for hydroxylation is 1. The third-order valence-electron chi connectivity index (χ3n) is 2.37. The summed E-state index contributed by atoms with van der Waals surface area (Å²) in [6.07, 6.45) is 2.24. The van der Waals surface area contributed by atoms with Crippen molar-refractivity contribution in [2.75, 3.05) is 0 Å². The van der Waals surface area contributed by atoms with E-state index in [1.807, 2.05) is 6.92 Å². The van der Waals surface area contributed by atoms with Gasteiger partial charge < -0.3 is 19.8 Å². The first-order valence-corrected chi connectivity index (χ1v) is 5.12. The fourth-order valence-corrected chi connectivity index (χ4v) is 1.59. The monoisotopic (exact) mass is 260 g/mol. The van der Waals surface area contributed by atoms with E-state index < -0.39 is 11.9 Å². The van der Waals surface area contributed by atoms with E-state index >= 15 is 0 Å². The van der Waals surface area contributed by atoms with Crippen molar-refractivity contribution in [1.82, 2.24) is 0 Å². The van der Waals surface area contributed by atoms with Crippen LogP contribution in [0.15, 0.2) is 18.2 Å². The van der Waals surface area contributed by atoms with Crippen molar-refractivity contribution < 1.29 is 19.8 Å². The molecule has 0 bridgehead atoms. The normalized spacial score (nSPS) is 9.47. The van der Waals surface area contributed by atoms with E-state index in [0.29, 0.717) is 12.0 Å². The average molecular weight is 260 g/mol. The molecule has 0 aliphatic heterocycles. The van der Waals surface area contributed by atoms with Crippen LogP contribution in [0.3, 0.4) is 0 Å². The molecular weight excluding hydrogens is 248 g/mol. The summed E-state index contributed by atoms with van der Waals surface area (Å²) in [6.45, 7) is 1.97. The smallest absolute Gasteiger partial charge is 0.545 e. The quantitative estimate of drug-likeness (QED) is 0.660. The minimum atomic E-state index is -1.49. The Balaban J connectivity index is 0.00000256. The van der Waals surface area contributed by atoms with Crippen LogP contribution in [0.25, 0.3) is 0 Å². The Morgan fingerprint density at radius 2 is 1.82 bits per heavy atom. The summed E-state index contributed by atoms with van der Waals surface area (Å²) in [5.74, 6) is -2.96. The number of hydrogen-bond acceptors (Lipinski definition) is 4. The van der Waals surface area contributed by atoms with E-state index in [1.165, 1.54) is 12.1 Å². The zero-order valence-corrected chi connectivity index (χ0v) is 11.9. The number of benzene rings is 1. The molecule has 0 aliphatic rings. The minimum absolute atomic E-state index is 0. The SMILES string of the molecule is CCCCc1cccc(C(=O)[O-])c1C(=O)[O-].[Ca+2]. The van der Waals surface area contributed by atoms with E-state index in [9.17, 15) is 19.8 Å². The van der Waals surface area contributed by atoms with Crippen molar-refractivity contribution in [1.29, 1.82) is 0 Å². The van der Waals surface area contributed by atoms with Crippen LogP contribution in [0.1, 0.15) is 46.0 Å². The molecule has 1 aromatic rings. The van der Waals surface area contributed by atoms with Crippen molar-refractivity contribution in [3.63, 3.8) is 0 Å².